The summed E-state index contributed by atoms with van der Waals surface area (Å²) < 4.78 is 5.07. The first-order valence-electron chi connectivity index (χ1n) is 8.94. The molecule has 2 N–H and O–H groups in total. The van der Waals surface area contributed by atoms with E-state index in [0.717, 1.165) is 36.2 Å². The zero-order chi connectivity index (χ0) is 19.1. The van der Waals surface area contributed by atoms with Crippen molar-refractivity contribution in [3.05, 3.63) is 40.7 Å². The van der Waals surface area contributed by atoms with Crippen molar-refractivity contribution >= 4 is 34.1 Å². The molecule has 1 aliphatic heterocycles. The van der Waals surface area contributed by atoms with Gasteiger partial charge < -0.3 is 19.7 Å². The van der Waals surface area contributed by atoms with Gasteiger partial charge in [0.2, 0.25) is 0 Å². The van der Waals surface area contributed by atoms with Crippen molar-refractivity contribution in [3.63, 3.8) is 0 Å². The third-order valence-corrected chi connectivity index (χ3v) is 6.64. The SMILES string of the molecule is Cc1cc(NC(=O)c2ccco2)sc1C(=O)N1CC2CCCC2C1C(=O)O. The highest BCUT2D eigenvalue weighted by atomic mass is 32.1. The molecular formula is C19H20N2O5S. The van der Waals surface area contributed by atoms with Crippen LogP contribution in [-0.4, -0.2) is 40.4 Å². The van der Waals surface area contributed by atoms with E-state index in [1.807, 2.05) is 0 Å². The summed E-state index contributed by atoms with van der Waals surface area (Å²) in [5.74, 6) is -1.08. The standard InChI is InChI=1S/C19H20N2O5S/c1-10-8-14(20-17(22)13-6-3-7-26-13)27-16(10)18(23)21-9-11-4-2-5-12(11)15(21)19(24)25/h3,6-8,11-12,15H,2,4-5,9H2,1H3,(H,20,22)(H,24,25). The second-order valence-corrected chi connectivity index (χ2v) is 8.20. The molecule has 1 saturated heterocycles. The lowest BCUT2D eigenvalue weighted by Crippen LogP contribution is -2.43. The van der Waals surface area contributed by atoms with E-state index in [2.05, 4.69) is 5.32 Å². The van der Waals surface area contributed by atoms with Gasteiger partial charge in [0.15, 0.2) is 5.76 Å². The molecule has 3 unspecified atom stereocenters. The van der Waals surface area contributed by atoms with E-state index < -0.39 is 12.0 Å². The lowest BCUT2D eigenvalue weighted by molar-refractivity contribution is -0.142. The second-order valence-electron chi connectivity index (χ2n) is 7.15. The Balaban J connectivity index is 1.54. The number of carboxylic acids is 1. The first kappa shape index (κ1) is 17.8. The molecule has 2 fully saturated rings. The minimum absolute atomic E-state index is 0.0462. The molecule has 2 aliphatic rings. The maximum Gasteiger partial charge on any atom is 0.326 e. The van der Waals surface area contributed by atoms with Gasteiger partial charge in [-0.2, -0.15) is 0 Å². The predicted octanol–water partition coefficient (Wildman–Crippen LogP) is 3.23. The minimum atomic E-state index is -0.932. The summed E-state index contributed by atoms with van der Waals surface area (Å²) in [5, 5.41) is 12.9. The van der Waals surface area contributed by atoms with E-state index in [9.17, 15) is 19.5 Å². The fourth-order valence-electron chi connectivity index (χ4n) is 4.30. The third kappa shape index (κ3) is 3.14. The first-order chi connectivity index (χ1) is 13.0. The van der Waals surface area contributed by atoms with Crippen LogP contribution in [0.1, 0.15) is 45.1 Å². The third-order valence-electron chi connectivity index (χ3n) is 5.50. The number of rotatable bonds is 4. The van der Waals surface area contributed by atoms with Gasteiger partial charge in [-0.05, 0) is 55.4 Å². The molecule has 4 rings (SSSR count). The van der Waals surface area contributed by atoms with Gasteiger partial charge in [-0.15, -0.1) is 11.3 Å². The van der Waals surface area contributed by atoms with Crippen LogP contribution in [0.25, 0.3) is 0 Å². The molecule has 8 heteroatoms. The number of aryl methyl sites for hydroxylation is 1. The summed E-state index contributed by atoms with van der Waals surface area (Å²) in [6.45, 7) is 2.28. The number of carbonyl (C=O) groups excluding carboxylic acids is 2. The molecule has 3 heterocycles. The molecule has 142 valence electrons. The number of aliphatic carboxylic acids is 1. The van der Waals surface area contributed by atoms with Crippen LogP contribution in [0.2, 0.25) is 0 Å². The quantitative estimate of drug-likeness (QED) is 0.838. The number of fused-ring (bicyclic) bond motifs is 1. The molecule has 0 spiro atoms. The van der Waals surface area contributed by atoms with Crippen LogP contribution in [0.3, 0.4) is 0 Å². The van der Waals surface area contributed by atoms with Crippen molar-refractivity contribution < 1.29 is 23.9 Å². The Labute approximate surface area is 160 Å². The normalized spacial score (nSPS) is 24.0. The Morgan fingerprint density at radius 1 is 1.33 bits per heavy atom. The maximum absolute atomic E-state index is 13.1. The number of hydrogen-bond acceptors (Lipinski definition) is 5. The number of thiophene rings is 1. The average molecular weight is 388 g/mol. The van der Waals surface area contributed by atoms with Crippen molar-refractivity contribution in [2.75, 3.05) is 11.9 Å². The van der Waals surface area contributed by atoms with Crippen molar-refractivity contribution in [1.29, 1.82) is 0 Å². The molecule has 2 aromatic heterocycles. The number of carbonyl (C=O) groups is 3. The van der Waals surface area contributed by atoms with Crippen LogP contribution in [-0.2, 0) is 4.79 Å². The zero-order valence-electron chi connectivity index (χ0n) is 14.8. The second kappa shape index (κ2) is 6.84. The smallest absolute Gasteiger partial charge is 0.326 e. The van der Waals surface area contributed by atoms with Gasteiger partial charge in [0.1, 0.15) is 6.04 Å². The van der Waals surface area contributed by atoms with E-state index in [1.54, 1.807) is 25.1 Å². The van der Waals surface area contributed by atoms with Crippen LogP contribution in [0, 0.1) is 18.8 Å². The van der Waals surface area contributed by atoms with Crippen LogP contribution < -0.4 is 5.32 Å². The fraction of sp³-hybridized carbons (Fsp3) is 0.421. The van der Waals surface area contributed by atoms with Crippen molar-refractivity contribution in [3.8, 4) is 0 Å². The van der Waals surface area contributed by atoms with E-state index in [4.69, 9.17) is 4.42 Å². The summed E-state index contributed by atoms with van der Waals surface area (Å²) in [6, 6.07) is 4.15. The number of furan rings is 1. The summed E-state index contributed by atoms with van der Waals surface area (Å²) in [6.07, 6.45) is 4.29. The number of nitrogens with zero attached hydrogens (tertiary/aromatic N) is 1. The van der Waals surface area contributed by atoms with Crippen LogP contribution in [0.15, 0.2) is 28.9 Å². The minimum Gasteiger partial charge on any atom is -0.480 e. The Hall–Kier alpha value is -2.61. The Morgan fingerprint density at radius 3 is 2.85 bits per heavy atom. The lowest BCUT2D eigenvalue weighted by atomic mass is 9.94. The monoisotopic (exact) mass is 388 g/mol. The molecule has 1 saturated carbocycles. The van der Waals surface area contributed by atoms with Crippen LogP contribution >= 0.6 is 11.3 Å². The van der Waals surface area contributed by atoms with Gasteiger partial charge >= 0.3 is 5.97 Å². The molecular weight excluding hydrogens is 368 g/mol. The van der Waals surface area contributed by atoms with E-state index in [-0.39, 0.29) is 29.4 Å². The van der Waals surface area contributed by atoms with Crippen molar-refractivity contribution in [2.24, 2.45) is 11.8 Å². The summed E-state index contributed by atoms with van der Waals surface area (Å²) in [4.78, 5) is 39.0. The highest BCUT2D eigenvalue weighted by Gasteiger charge is 2.50. The summed E-state index contributed by atoms with van der Waals surface area (Å²) in [5.41, 5.74) is 0.723. The van der Waals surface area contributed by atoms with Gasteiger partial charge in [-0.3, -0.25) is 9.59 Å². The summed E-state index contributed by atoms with van der Waals surface area (Å²) in [7, 11) is 0. The fourth-order valence-corrected chi connectivity index (χ4v) is 5.32. The summed E-state index contributed by atoms with van der Waals surface area (Å²) >= 11 is 1.16. The van der Waals surface area contributed by atoms with E-state index >= 15 is 0 Å². The van der Waals surface area contributed by atoms with Crippen molar-refractivity contribution in [1.82, 2.24) is 4.90 Å². The largest absolute Gasteiger partial charge is 0.480 e. The van der Waals surface area contributed by atoms with Crippen LogP contribution in [0.5, 0.6) is 0 Å². The maximum atomic E-state index is 13.1. The number of likely N-dealkylation sites (tertiary alicyclic amines) is 1. The molecule has 2 aromatic rings. The number of hydrogen-bond donors (Lipinski definition) is 2. The first-order valence-corrected chi connectivity index (χ1v) is 9.76. The van der Waals surface area contributed by atoms with E-state index in [0.29, 0.717) is 16.4 Å². The lowest BCUT2D eigenvalue weighted by Gasteiger charge is -2.24. The number of nitrogens with one attached hydrogen (secondary N) is 1. The average Bonchev–Trinajstić information content (AvgIpc) is 3.37. The predicted molar refractivity (Wildman–Crippen MR) is 99.0 cm³/mol. The molecule has 1 aliphatic carbocycles. The highest BCUT2D eigenvalue weighted by molar-refractivity contribution is 7.18. The molecule has 0 aromatic carbocycles. The highest BCUT2D eigenvalue weighted by Crippen LogP contribution is 2.43. The van der Waals surface area contributed by atoms with Gasteiger partial charge in [0, 0.05) is 6.54 Å². The molecule has 0 bridgehead atoms. The zero-order valence-corrected chi connectivity index (χ0v) is 15.6. The van der Waals surface area contributed by atoms with Gasteiger partial charge in [0.25, 0.3) is 11.8 Å². The number of carboxylic acid groups (broad SMARTS) is 1. The molecule has 7 nitrogen and oxygen atoms in total. The Bertz CT molecular complexity index is 888. The topological polar surface area (TPSA) is 99.9 Å². The number of anilines is 1. The molecule has 3 atom stereocenters. The molecule has 0 radical (unpaired) electrons. The van der Waals surface area contributed by atoms with E-state index in [1.165, 1.54) is 11.2 Å². The van der Waals surface area contributed by atoms with Gasteiger partial charge in [-0.25, -0.2) is 4.79 Å². The Morgan fingerprint density at radius 2 is 2.15 bits per heavy atom. The number of amides is 2. The Kier molecular flexibility index (Phi) is 4.51. The molecule has 2 amide bonds. The van der Waals surface area contributed by atoms with Gasteiger partial charge in [-0.1, -0.05) is 6.42 Å². The molecule has 27 heavy (non-hydrogen) atoms. The van der Waals surface area contributed by atoms with Crippen LogP contribution in [0.4, 0.5) is 5.00 Å². The van der Waals surface area contributed by atoms with Crippen molar-refractivity contribution in [2.45, 2.75) is 32.2 Å². The van der Waals surface area contributed by atoms with Gasteiger partial charge in [0.05, 0.1) is 16.1 Å².